The monoisotopic (exact) mass is 126 g/mol. The van der Waals surface area contributed by atoms with E-state index in [0.29, 0.717) is 0 Å². The molecule has 0 aromatic heterocycles. The molecule has 0 aliphatic carbocycles. The molecule has 9 heavy (non-hydrogen) atoms. The van der Waals surface area contributed by atoms with E-state index in [1.807, 2.05) is 19.0 Å². The van der Waals surface area contributed by atoms with Gasteiger partial charge in [-0.2, -0.15) is 0 Å². The van der Waals surface area contributed by atoms with Crippen molar-refractivity contribution in [3.05, 3.63) is 24.9 Å². The van der Waals surface area contributed by atoms with E-state index in [0.717, 1.165) is 12.2 Å². The fourth-order valence-corrected chi connectivity index (χ4v) is 0.615. The first-order valence-electron chi connectivity index (χ1n) is 3.02. The van der Waals surface area contributed by atoms with Crippen LogP contribution in [0.2, 0.25) is 0 Å². The van der Waals surface area contributed by atoms with E-state index in [9.17, 15) is 0 Å². The molecule has 2 nitrogen and oxygen atoms in total. The molecule has 1 N–H and O–H groups in total. The Morgan fingerprint density at radius 2 is 2.33 bits per heavy atom. The molecule has 0 aromatic rings. The minimum atomic E-state index is 0.903. The van der Waals surface area contributed by atoms with Gasteiger partial charge < -0.3 is 5.01 Å². The molecule has 0 atom stereocenters. The Kier molecular flexibility index (Phi) is 3.80. The van der Waals surface area contributed by atoms with Gasteiger partial charge in [0.05, 0.1) is 0 Å². The summed E-state index contributed by atoms with van der Waals surface area (Å²) in [4.78, 5) is 0. The molecule has 2 heteroatoms. The first-order chi connectivity index (χ1) is 4.26. The zero-order chi connectivity index (χ0) is 7.28. The van der Waals surface area contributed by atoms with Gasteiger partial charge in [-0.15, -0.1) is 0 Å². The van der Waals surface area contributed by atoms with Crippen molar-refractivity contribution in [2.75, 3.05) is 13.6 Å². The summed E-state index contributed by atoms with van der Waals surface area (Å²) in [6.07, 6.45) is 1.72. The Balaban J connectivity index is 3.78. The topological polar surface area (TPSA) is 15.3 Å². The van der Waals surface area contributed by atoms with Crippen LogP contribution < -0.4 is 5.43 Å². The van der Waals surface area contributed by atoms with Crippen LogP contribution in [0.15, 0.2) is 24.9 Å². The van der Waals surface area contributed by atoms with E-state index in [-0.39, 0.29) is 0 Å². The molecule has 0 aliphatic rings. The third kappa shape index (κ3) is 2.33. The molecule has 0 radical (unpaired) electrons. The summed E-state index contributed by atoms with van der Waals surface area (Å²) < 4.78 is 0. The molecular formula is C7H14N2. The Morgan fingerprint density at radius 1 is 1.78 bits per heavy atom. The zero-order valence-electron chi connectivity index (χ0n) is 6.15. The molecule has 0 amide bonds. The van der Waals surface area contributed by atoms with Crippen LogP contribution in [0.5, 0.6) is 0 Å². The van der Waals surface area contributed by atoms with Crippen LogP contribution in [0.4, 0.5) is 0 Å². The molecule has 0 heterocycles. The third-order valence-corrected chi connectivity index (χ3v) is 1.17. The van der Waals surface area contributed by atoms with Crippen LogP contribution in [0, 0.1) is 0 Å². The number of hydrogen-bond donors (Lipinski definition) is 1. The van der Waals surface area contributed by atoms with Gasteiger partial charge in [0.15, 0.2) is 0 Å². The van der Waals surface area contributed by atoms with E-state index < -0.39 is 0 Å². The highest BCUT2D eigenvalue weighted by Gasteiger charge is 1.94. The lowest BCUT2D eigenvalue weighted by Gasteiger charge is -2.20. The second-order valence-corrected chi connectivity index (χ2v) is 1.66. The Morgan fingerprint density at radius 3 is 2.44 bits per heavy atom. The van der Waals surface area contributed by atoms with Crippen molar-refractivity contribution in [2.45, 2.75) is 6.92 Å². The van der Waals surface area contributed by atoms with Gasteiger partial charge in [-0.05, 0) is 13.0 Å². The first-order valence-corrected chi connectivity index (χ1v) is 3.02. The van der Waals surface area contributed by atoms with E-state index in [1.165, 1.54) is 0 Å². The Bertz CT molecular complexity index is 103. The number of rotatable bonds is 4. The summed E-state index contributed by atoms with van der Waals surface area (Å²) in [6, 6.07) is 0. The van der Waals surface area contributed by atoms with Crippen molar-refractivity contribution in [1.29, 1.82) is 0 Å². The zero-order valence-corrected chi connectivity index (χ0v) is 6.15. The summed E-state index contributed by atoms with van der Waals surface area (Å²) in [5.41, 5.74) is 3.87. The smallest absolute Gasteiger partial charge is 0.0441 e. The van der Waals surface area contributed by atoms with Crippen LogP contribution in [-0.2, 0) is 0 Å². The predicted molar refractivity (Wildman–Crippen MR) is 40.8 cm³/mol. The van der Waals surface area contributed by atoms with Gasteiger partial charge in [-0.3, -0.25) is 0 Å². The fourth-order valence-electron chi connectivity index (χ4n) is 0.615. The summed E-state index contributed by atoms with van der Waals surface area (Å²) in [6.45, 7) is 10.3. The standard InChI is InChI=1S/C7H14N2/c1-5-7(3)9(6-2)8-4/h5,8H,1,3,6H2,2,4H3. The van der Waals surface area contributed by atoms with Gasteiger partial charge in [-0.1, -0.05) is 13.2 Å². The third-order valence-electron chi connectivity index (χ3n) is 1.17. The van der Waals surface area contributed by atoms with Crippen molar-refractivity contribution in [3.63, 3.8) is 0 Å². The first kappa shape index (κ1) is 8.24. The Hall–Kier alpha value is -0.760. The van der Waals surface area contributed by atoms with Gasteiger partial charge in [0, 0.05) is 19.3 Å². The molecule has 0 fully saturated rings. The Labute approximate surface area is 56.8 Å². The molecule has 0 bridgehead atoms. The molecule has 0 saturated carbocycles. The number of hydrazine groups is 1. The molecule has 0 spiro atoms. The summed E-state index contributed by atoms with van der Waals surface area (Å²) in [7, 11) is 1.86. The number of allylic oxidation sites excluding steroid dienone is 1. The van der Waals surface area contributed by atoms with Crippen LogP contribution in [0.3, 0.4) is 0 Å². The van der Waals surface area contributed by atoms with Crippen molar-refractivity contribution >= 4 is 0 Å². The lowest BCUT2D eigenvalue weighted by Crippen LogP contribution is -2.32. The van der Waals surface area contributed by atoms with Crippen molar-refractivity contribution in [2.24, 2.45) is 0 Å². The van der Waals surface area contributed by atoms with Crippen molar-refractivity contribution < 1.29 is 0 Å². The van der Waals surface area contributed by atoms with Crippen molar-refractivity contribution in [1.82, 2.24) is 10.4 Å². The minimum Gasteiger partial charge on any atom is -0.310 e. The van der Waals surface area contributed by atoms with Gasteiger partial charge in [0.2, 0.25) is 0 Å². The summed E-state index contributed by atoms with van der Waals surface area (Å²) in [5, 5.41) is 1.91. The van der Waals surface area contributed by atoms with Gasteiger partial charge in [-0.25, -0.2) is 5.43 Å². The molecular weight excluding hydrogens is 112 g/mol. The predicted octanol–water partition coefficient (Wildman–Crippen LogP) is 1.14. The summed E-state index contributed by atoms with van der Waals surface area (Å²) >= 11 is 0. The van der Waals surface area contributed by atoms with Crippen LogP contribution >= 0.6 is 0 Å². The molecule has 0 unspecified atom stereocenters. The highest BCUT2D eigenvalue weighted by molar-refractivity contribution is 5.08. The number of hydrogen-bond acceptors (Lipinski definition) is 2. The highest BCUT2D eigenvalue weighted by Crippen LogP contribution is 1.95. The maximum Gasteiger partial charge on any atom is 0.0441 e. The number of nitrogens with one attached hydrogen (secondary N) is 1. The largest absolute Gasteiger partial charge is 0.310 e. The lowest BCUT2D eigenvalue weighted by molar-refractivity contribution is 0.296. The normalized spacial score (nSPS) is 8.67. The van der Waals surface area contributed by atoms with Crippen LogP contribution in [0.1, 0.15) is 6.92 Å². The van der Waals surface area contributed by atoms with E-state index in [2.05, 4.69) is 18.6 Å². The second-order valence-electron chi connectivity index (χ2n) is 1.66. The van der Waals surface area contributed by atoms with Crippen LogP contribution in [0.25, 0.3) is 0 Å². The average Bonchev–Trinajstić information content (AvgIpc) is 1.90. The lowest BCUT2D eigenvalue weighted by atomic mass is 10.4. The van der Waals surface area contributed by atoms with Gasteiger partial charge >= 0.3 is 0 Å². The van der Waals surface area contributed by atoms with Gasteiger partial charge in [0.25, 0.3) is 0 Å². The molecule has 0 saturated heterocycles. The maximum absolute atomic E-state index is 3.76. The summed E-state index contributed by atoms with van der Waals surface area (Å²) in [5.74, 6) is 0. The quantitative estimate of drug-likeness (QED) is 0.449. The fraction of sp³-hybridized carbons (Fsp3) is 0.429. The maximum atomic E-state index is 3.76. The molecule has 52 valence electrons. The van der Waals surface area contributed by atoms with E-state index >= 15 is 0 Å². The SMILES string of the molecule is C=CC(=C)N(CC)NC. The van der Waals surface area contributed by atoms with Crippen LogP contribution in [-0.4, -0.2) is 18.6 Å². The van der Waals surface area contributed by atoms with E-state index in [4.69, 9.17) is 0 Å². The number of nitrogens with zero attached hydrogens (tertiary/aromatic N) is 1. The molecule has 0 aliphatic heterocycles. The molecule has 0 aromatic carbocycles. The van der Waals surface area contributed by atoms with Crippen molar-refractivity contribution in [3.8, 4) is 0 Å². The number of likely N-dealkylation sites (N-methyl/N-ethyl adjacent to an activating group) is 1. The highest BCUT2D eigenvalue weighted by atomic mass is 15.5. The van der Waals surface area contributed by atoms with Gasteiger partial charge in [0.1, 0.15) is 0 Å². The average molecular weight is 126 g/mol. The minimum absolute atomic E-state index is 0.903. The molecule has 0 rings (SSSR count). The van der Waals surface area contributed by atoms with E-state index in [1.54, 1.807) is 6.08 Å². The second kappa shape index (κ2) is 4.15.